The standard InChI is InChI=1S/C17H21BN4O4S/c1-3-7-25-22-14(12-9-27-17(19)20-12)16(23)21-13-8-11-6-4-5-10(2)15(11)26-18(13)24/h4-6,9,13,24H,3,7-8H2,1-2H3,(H2,19,20)(H,21,23)/b22-14-/t13-/m0/s1. The molecule has 10 heteroatoms. The number of amides is 1. The number of aryl methyl sites for hydroxylation is 1. The zero-order valence-corrected chi connectivity index (χ0v) is 16.0. The van der Waals surface area contributed by atoms with Gasteiger partial charge in [-0.2, -0.15) is 0 Å². The number of thiazole rings is 1. The molecule has 0 saturated heterocycles. The minimum Gasteiger partial charge on any atom is -0.534 e. The third kappa shape index (κ3) is 4.40. The van der Waals surface area contributed by atoms with E-state index in [1.165, 1.54) is 11.3 Å². The van der Waals surface area contributed by atoms with Gasteiger partial charge in [0.15, 0.2) is 10.8 Å². The Balaban J connectivity index is 1.78. The molecular weight excluding hydrogens is 367 g/mol. The number of carbonyl (C=O) groups excluding carboxylic acids is 1. The Morgan fingerprint density at radius 3 is 3.11 bits per heavy atom. The second-order valence-corrected chi connectivity index (χ2v) is 7.09. The highest BCUT2D eigenvalue weighted by atomic mass is 32.1. The summed E-state index contributed by atoms with van der Waals surface area (Å²) in [4.78, 5) is 22.1. The molecule has 0 spiro atoms. The molecule has 4 N–H and O–H groups in total. The van der Waals surface area contributed by atoms with E-state index in [-0.39, 0.29) is 5.71 Å². The van der Waals surface area contributed by atoms with Crippen LogP contribution in [0.4, 0.5) is 5.13 Å². The number of benzene rings is 1. The minimum atomic E-state index is -1.17. The van der Waals surface area contributed by atoms with Gasteiger partial charge in [-0.15, -0.1) is 11.3 Å². The highest BCUT2D eigenvalue weighted by molar-refractivity contribution is 7.13. The molecule has 0 radical (unpaired) electrons. The fraction of sp³-hybridized carbons (Fsp3) is 0.353. The molecule has 8 nitrogen and oxygen atoms in total. The molecule has 0 fully saturated rings. The first-order chi connectivity index (χ1) is 13.0. The van der Waals surface area contributed by atoms with Crippen molar-refractivity contribution in [3.8, 4) is 5.75 Å². The van der Waals surface area contributed by atoms with E-state index >= 15 is 0 Å². The average Bonchev–Trinajstić information content (AvgIpc) is 3.06. The molecule has 3 rings (SSSR count). The van der Waals surface area contributed by atoms with Crippen LogP contribution in [-0.2, 0) is 16.1 Å². The van der Waals surface area contributed by atoms with Crippen LogP contribution in [0.15, 0.2) is 28.7 Å². The van der Waals surface area contributed by atoms with E-state index in [0.29, 0.717) is 29.6 Å². The maximum Gasteiger partial charge on any atom is 0.547 e. The molecule has 0 saturated carbocycles. The fourth-order valence-corrected chi connectivity index (χ4v) is 3.29. The van der Waals surface area contributed by atoms with Crippen molar-refractivity contribution >= 4 is 35.2 Å². The van der Waals surface area contributed by atoms with Gasteiger partial charge in [-0.1, -0.05) is 30.3 Å². The number of nitrogens with one attached hydrogen (secondary N) is 1. The zero-order chi connectivity index (χ0) is 19.4. The molecule has 1 aromatic heterocycles. The summed E-state index contributed by atoms with van der Waals surface area (Å²) in [6.45, 7) is 4.22. The second kappa shape index (κ2) is 8.40. The quantitative estimate of drug-likeness (QED) is 0.297. The average molecular weight is 388 g/mol. The van der Waals surface area contributed by atoms with E-state index in [1.807, 2.05) is 32.0 Å². The molecular formula is C17H21BN4O4S. The van der Waals surface area contributed by atoms with E-state index < -0.39 is 19.0 Å². The van der Waals surface area contributed by atoms with Crippen molar-refractivity contribution in [1.82, 2.24) is 10.3 Å². The van der Waals surface area contributed by atoms with Crippen LogP contribution >= 0.6 is 11.3 Å². The Labute approximate surface area is 161 Å². The van der Waals surface area contributed by atoms with Gasteiger partial charge in [0.2, 0.25) is 0 Å². The number of rotatable bonds is 6. The first-order valence-electron chi connectivity index (χ1n) is 8.65. The Hall–Kier alpha value is -2.59. The summed E-state index contributed by atoms with van der Waals surface area (Å²) < 4.78 is 5.60. The van der Waals surface area contributed by atoms with Gasteiger partial charge in [-0.25, -0.2) is 4.98 Å². The summed E-state index contributed by atoms with van der Waals surface area (Å²) >= 11 is 1.20. The molecule has 2 aromatic rings. The molecule has 1 atom stereocenters. The first-order valence-corrected chi connectivity index (χ1v) is 9.53. The van der Waals surface area contributed by atoms with Gasteiger partial charge < -0.3 is 25.6 Å². The van der Waals surface area contributed by atoms with Crippen molar-refractivity contribution in [2.24, 2.45) is 5.16 Å². The van der Waals surface area contributed by atoms with E-state index in [2.05, 4.69) is 15.5 Å². The Bertz CT molecular complexity index is 857. The normalized spacial score (nSPS) is 16.5. The van der Waals surface area contributed by atoms with Crippen LogP contribution in [-0.4, -0.2) is 41.3 Å². The molecule has 0 unspecified atom stereocenters. The lowest BCUT2D eigenvalue weighted by Gasteiger charge is -2.29. The number of anilines is 1. The number of nitrogen functional groups attached to an aromatic ring is 1. The SMILES string of the molecule is CCCO/N=C(\C(=O)N[C@H]1Cc2cccc(C)c2OB1O)c1csc(N)n1. The van der Waals surface area contributed by atoms with Crippen LogP contribution in [0.1, 0.15) is 30.2 Å². The summed E-state index contributed by atoms with van der Waals surface area (Å²) in [5.74, 6) is -0.484. The van der Waals surface area contributed by atoms with Gasteiger partial charge in [-0.3, -0.25) is 4.79 Å². The van der Waals surface area contributed by atoms with Gasteiger partial charge in [0, 0.05) is 5.38 Å². The van der Waals surface area contributed by atoms with Crippen molar-refractivity contribution < 1.29 is 19.3 Å². The highest BCUT2D eigenvalue weighted by Crippen LogP contribution is 2.29. The third-order valence-corrected chi connectivity index (χ3v) is 4.74. The molecule has 1 aromatic carbocycles. The van der Waals surface area contributed by atoms with E-state index in [1.54, 1.807) is 5.38 Å². The van der Waals surface area contributed by atoms with Crippen LogP contribution in [0.25, 0.3) is 0 Å². The summed E-state index contributed by atoms with van der Waals surface area (Å²) in [7, 11) is -1.17. The summed E-state index contributed by atoms with van der Waals surface area (Å²) in [6.07, 6.45) is 1.19. The van der Waals surface area contributed by atoms with Gasteiger partial charge in [0.25, 0.3) is 5.91 Å². The number of carbonyl (C=O) groups is 1. The number of nitrogens with two attached hydrogens (primary N) is 1. The number of hydrogen-bond acceptors (Lipinski definition) is 8. The predicted molar refractivity (Wildman–Crippen MR) is 105 cm³/mol. The van der Waals surface area contributed by atoms with Crippen LogP contribution < -0.4 is 15.7 Å². The molecule has 0 aliphatic carbocycles. The van der Waals surface area contributed by atoms with Gasteiger partial charge in [0.05, 0.1) is 5.94 Å². The summed E-state index contributed by atoms with van der Waals surface area (Å²) in [6, 6.07) is 5.73. The van der Waals surface area contributed by atoms with E-state index in [0.717, 1.165) is 17.5 Å². The summed E-state index contributed by atoms with van der Waals surface area (Å²) in [5.41, 5.74) is 7.86. The number of oxime groups is 1. The van der Waals surface area contributed by atoms with Crippen LogP contribution in [0.3, 0.4) is 0 Å². The highest BCUT2D eigenvalue weighted by Gasteiger charge is 2.37. The van der Waals surface area contributed by atoms with Crippen LogP contribution in [0.2, 0.25) is 0 Å². The van der Waals surface area contributed by atoms with Crippen molar-refractivity contribution in [2.45, 2.75) is 32.6 Å². The predicted octanol–water partition coefficient (Wildman–Crippen LogP) is 1.30. The smallest absolute Gasteiger partial charge is 0.534 e. The number of fused-ring (bicyclic) bond motifs is 1. The second-order valence-electron chi connectivity index (χ2n) is 6.20. The molecule has 142 valence electrons. The van der Waals surface area contributed by atoms with Crippen LogP contribution in [0, 0.1) is 6.92 Å². The van der Waals surface area contributed by atoms with Crippen molar-refractivity contribution in [1.29, 1.82) is 0 Å². The lowest BCUT2D eigenvalue weighted by molar-refractivity contribution is -0.115. The minimum absolute atomic E-state index is 0.0126. The van der Waals surface area contributed by atoms with Gasteiger partial charge in [0.1, 0.15) is 18.1 Å². The van der Waals surface area contributed by atoms with E-state index in [9.17, 15) is 9.82 Å². The number of aromatic nitrogens is 1. The maximum atomic E-state index is 12.8. The monoisotopic (exact) mass is 388 g/mol. The number of hydrogen-bond donors (Lipinski definition) is 3. The van der Waals surface area contributed by atoms with Gasteiger partial charge >= 0.3 is 7.12 Å². The lowest BCUT2D eigenvalue weighted by Crippen LogP contribution is -2.54. The topological polar surface area (TPSA) is 119 Å². The molecule has 1 aliphatic heterocycles. The van der Waals surface area contributed by atoms with Crippen LogP contribution in [0.5, 0.6) is 5.75 Å². The molecule has 2 heterocycles. The number of nitrogens with zero attached hydrogens (tertiary/aromatic N) is 2. The third-order valence-electron chi connectivity index (χ3n) is 4.06. The fourth-order valence-electron chi connectivity index (χ4n) is 2.74. The zero-order valence-electron chi connectivity index (χ0n) is 15.1. The maximum absolute atomic E-state index is 12.8. The molecule has 0 bridgehead atoms. The molecule has 27 heavy (non-hydrogen) atoms. The largest absolute Gasteiger partial charge is 0.547 e. The molecule has 1 amide bonds. The lowest BCUT2D eigenvalue weighted by atomic mass is 9.72. The number of para-hydroxylation sites is 1. The molecule has 1 aliphatic rings. The Morgan fingerprint density at radius 1 is 1.59 bits per heavy atom. The van der Waals surface area contributed by atoms with Crippen molar-refractivity contribution in [3.05, 3.63) is 40.4 Å². The van der Waals surface area contributed by atoms with E-state index in [4.69, 9.17) is 15.2 Å². The summed E-state index contributed by atoms with van der Waals surface area (Å²) in [5, 5.41) is 19.0. The Kier molecular flexibility index (Phi) is 5.97. The van der Waals surface area contributed by atoms with Crippen molar-refractivity contribution in [2.75, 3.05) is 12.3 Å². The Morgan fingerprint density at radius 2 is 2.41 bits per heavy atom. The van der Waals surface area contributed by atoms with Gasteiger partial charge in [-0.05, 0) is 30.9 Å². The van der Waals surface area contributed by atoms with Crippen molar-refractivity contribution in [3.63, 3.8) is 0 Å². The first kappa shape index (κ1) is 19.2.